The van der Waals surface area contributed by atoms with Crippen molar-refractivity contribution in [3.63, 3.8) is 0 Å². The van der Waals surface area contributed by atoms with Crippen LogP contribution in [0.25, 0.3) is 0 Å². The van der Waals surface area contributed by atoms with Crippen molar-refractivity contribution in [2.24, 2.45) is 0 Å². The van der Waals surface area contributed by atoms with Crippen molar-refractivity contribution in [2.45, 2.75) is 70.6 Å². The van der Waals surface area contributed by atoms with Crippen LogP contribution in [0.1, 0.15) is 46.5 Å². The maximum absolute atomic E-state index is 3.72. The minimum absolute atomic E-state index is 0.617. The number of nitrogens with one attached hydrogen (secondary N) is 1. The molecule has 2 saturated heterocycles. The highest BCUT2D eigenvalue weighted by molar-refractivity contribution is 4.88. The molecular weight excluding hydrogens is 222 g/mol. The lowest BCUT2D eigenvalue weighted by Crippen LogP contribution is -2.54. The van der Waals surface area contributed by atoms with Crippen LogP contribution in [0.5, 0.6) is 0 Å². The Balaban J connectivity index is 1.85. The Labute approximate surface area is 113 Å². The van der Waals surface area contributed by atoms with Crippen LogP contribution in [-0.4, -0.2) is 60.6 Å². The van der Waals surface area contributed by atoms with E-state index < -0.39 is 0 Å². The highest BCUT2D eigenvalue weighted by atomic mass is 15.2. The first kappa shape index (κ1) is 14.3. The molecule has 2 aliphatic rings. The molecule has 0 aromatic rings. The molecule has 3 unspecified atom stereocenters. The molecule has 0 saturated carbocycles. The zero-order chi connectivity index (χ0) is 13.1. The van der Waals surface area contributed by atoms with Gasteiger partial charge in [0.1, 0.15) is 0 Å². The van der Waals surface area contributed by atoms with Gasteiger partial charge in [-0.2, -0.15) is 0 Å². The van der Waals surface area contributed by atoms with Gasteiger partial charge >= 0.3 is 0 Å². The second kappa shape index (κ2) is 6.36. The third-order valence-electron chi connectivity index (χ3n) is 4.72. The first-order valence-corrected chi connectivity index (χ1v) is 7.76. The molecule has 0 aromatic carbocycles. The largest absolute Gasteiger partial charge is 0.311 e. The van der Waals surface area contributed by atoms with Crippen molar-refractivity contribution in [1.29, 1.82) is 0 Å². The lowest BCUT2D eigenvalue weighted by molar-refractivity contribution is 0.0632. The van der Waals surface area contributed by atoms with Crippen molar-refractivity contribution in [3.8, 4) is 0 Å². The van der Waals surface area contributed by atoms with Crippen LogP contribution in [0.4, 0.5) is 0 Å². The van der Waals surface area contributed by atoms with Crippen LogP contribution in [-0.2, 0) is 0 Å². The average Bonchev–Trinajstić information content (AvgIpc) is 2.32. The number of piperidine rings is 2. The van der Waals surface area contributed by atoms with E-state index in [4.69, 9.17) is 0 Å². The smallest absolute Gasteiger partial charge is 0.0197 e. The van der Waals surface area contributed by atoms with E-state index in [1.54, 1.807) is 0 Å². The summed E-state index contributed by atoms with van der Waals surface area (Å²) in [7, 11) is 2.26. The van der Waals surface area contributed by atoms with Crippen molar-refractivity contribution >= 4 is 0 Å². The molecular formula is C15H31N3. The lowest BCUT2D eigenvalue weighted by Gasteiger charge is -2.44. The molecule has 0 bridgehead atoms. The molecule has 2 fully saturated rings. The lowest BCUT2D eigenvalue weighted by atomic mass is 9.94. The number of rotatable bonds is 3. The van der Waals surface area contributed by atoms with Gasteiger partial charge in [0, 0.05) is 30.7 Å². The summed E-state index contributed by atoms with van der Waals surface area (Å²) in [4.78, 5) is 5.26. The van der Waals surface area contributed by atoms with Crippen LogP contribution in [0.15, 0.2) is 0 Å². The number of nitrogens with zero attached hydrogens (tertiary/aromatic N) is 2. The Morgan fingerprint density at radius 2 is 1.94 bits per heavy atom. The number of likely N-dealkylation sites (tertiary alicyclic amines) is 2. The second-order valence-corrected chi connectivity index (χ2v) is 6.66. The summed E-state index contributed by atoms with van der Waals surface area (Å²) in [5.74, 6) is 0. The predicted molar refractivity (Wildman–Crippen MR) is 78.0 cm³/mol. The fourth-order valence-corrected chi connectivity index (χ4v) is 3.54. The van der Waals surface area contributed by atoms with Crippen molar-refractivity contribution in [2.75, 3.05) is 26.7 Å². The monoisotopic (exact) mass is 253 g/mol. The molecule has 3 nitrogen and oxygen atoms in total. The average molecular weight is 253 g/mol. The SMILES string of the molecule is CC(C)NC1CCCN(C2CCN(C)C(C)C2)C1. The minimum Gasteiger partial charge on any atom is -0.311 e. The van der Waals surface area contributed by atoms with Crippen LogP contribution < -0.4 is 5.32 Å². The molecule has 1 N–H and O–H groups in total. The van der Waals surface area contributed by atoms with E-state index in [-0.39, 0.29) is 0 Å². The highest BCUT2D eigenvalue weighted by Crippen LogP contribution is 2.23. The summed E-state index contributed by atoms with van der Waals surface area (Å²) >= 11 is 0. The Kier molecular flexibility index (Phi) is 5.05. The van der Waals surface area contributed by atoms with Crippen LogP contribution in [0.3, 0.4) is 0 Å². The quantitative estimate of drug-likeness (QED) is 0.829. The molecule has 0 aromatic heterocycles. The van der Waals surface area contributed by atoms with Crippen molar-refractivity contribution < 1.29 is 0 Å². The molecule has 2 rings (SSSR count). The van der Waals surface area contributed by atoms with Crippen LogP contribution >= 0.6 is 0 Å². The van der Waals surface area contributed by atoms with Gasteiger partial charge in [-0.25, -0.2) is 0 Å². The van der Waals surface area contributed by atoms with Gasteiger partial charge in [-0.15, -0.1) is 0 Å². The van der Waals surface area contributed by atoms with E-state index in [1.165, 1.54) is 45.3 Å². The maximum atomic E-state index is 3.72. The van der Waals surface area contributed by atoms with E-state index >= 15 is 0 Å². The van der Waals surface area contributed by atoms with Crippen molar-refractivity contribution in [1.82, 2.24) is 15.1 Å². The van der Waals surface area contributed by atoms with E-state index in [1.807, 2.05) is 0 Å². The molecule has 3 atom stereocenters. The van der Waals surface area contributed by atoms with Gasteiger partial charge in [0.15, 0.2) is 0 Å². The summed E-state index contributed by atoms with van der Waals surface area (Å²) in [5, 5.41) is 3.72. The molecule has 0 aliphatic carbocycles. The van der Waals surface area contributed by atoms with Crippen LogP contribution in [0.2, 0.25) is 0 Å². The fourth-order valence-electron chi connectivity index (χ4n) is 3.54. The first-order valence-electron chi connectivity index (χ1n) is 7.76. The van der Waals surface area contributed by atoms with Gasteiger partial charge in [0.05, 0.1) is 0 Å². The summed E-state index contributed by atoms with van der Waals surface area (Å²) in [6.07, 6.45) is 5.43. The Bertz CT molecular complexity index is 254. The molecule has 2 aliphatic heterocycles. The molecule has 0 radical (unpaired) electrons. The minimum atomic E-state index is 0.617. The van der Waals surface area contributed by atoms with Gasteiger partial charge in [-0.1, -0.05) is 13.8 Å². The Hall–Kier alpha value is -0.120. The van der Waals surface area contributed by atoms with Gasteiger partial charge < -0.3 is 10.2 Å². The van der Waals surface area contributed by atoms with Gasteiger partial charge in [0.2, 0.25) is 0 Å². The summed E-state index contributed by atoms with van der Waals surface area (Å²) in [5.41, 5.74) is 0. The zero-order valence-electron chi connectivity index (χ0n) is 12.7. The third kappa shape index (κ3) is 3.69. The predicted octanol–water partition coefficient (Wildman–Crippen LogP) is 1.93. The standard InChI is InChI=1S/C15H31N3/c1-12(2)16-14-6-5-8-18(11-14)15-7-9-17(4)13(3)10-15/h12-16H,5-11H2,1-4H3. The Morgan fingerprint density at radius 3 is 2.61 bits per heavy atom. The normalized spacial score (nSPS) is 36.2. The molecule has 2 heterocycles. The topological polar surface area (TPSA) is 18.5 Å². The first-order chi connectivity index (χ1) is 8.56. The molecule has 3 heteroatoms. The highest BCUT2D eigenvalue weighted by Gasteiger charge is 2.30. The number of hydrogen-bond acceptors (Lipinski definition) is 3. The van der Waals surface area contributed by atoms with E-state index in [0.717, 1.165) is 12.1 Å². The summed E-state index contributed by atoms with van der Waals surface area (Å²) < 4.78 is 0. The summed E-state index contributed by atoms with van der Waals surface area (Å²) in [6.45, 7) is 10.7. The third-order valence-corrected chi connectivity index (χ3v) is 4.72. The Morgan fingerprint density at radius 1 is 1.17 bits per heavy atom. The summed E-state index contributed by atoms with van der Waals surface area (Å²) in [6, 6.07) is 2.91. The van der Waals surface area contributed by atoms with Gasteiger partial charge in [-0.3, -0.25) is 4.90 Å². The van der Waals surface area contributed by atoms with E-state index in [2.05, 4.69) is 42.9 Å². The molecule has 0 amide bonds. The van der Waals surface area contributed by atoms with Gasteiger partial charge in [0.25, 0.3) is 0 Å². The fraction of sp³-hybridized carbons (Fsp3) is 1.00. The van der Waals surface area contributed by atoms with Crippen LogP contribution in [0, 0.1) is 0 Å². The van der Waals surface area contributed by atoms with E-state index in [9.17, 15) is 0 Å². The van der Waals surface area contributed by atoms with E-state index in [0.29, 0.717) is 12.1 Å². The second-order valence-electron chi connectivity index (χ2n) is 6.66. The van der Waals surface area contributed by atoms with Crippen molar-refractivity contribution in [3.05, 3.63) is 0 Å². The molecule has 106 valence electrons. The number of hydrogen-bond donors (Lipinski definition) is 1. The molecule has 18 heavy (non-hydrogen) atoms. The maximum Gasteiger partial charge on any atom is 0.0197 e. The molecule has 0 spiro atoms. The zero-order valence-corrected chi connectivity index (χ0v) is 12.7. The van der Waals surface area contributed by atoms with Gasteiger partial charge in [-0.05, 0) is 52.7 Å².